The van der Waals surface area contributed by atoms with Crippen LogP contribution in [0.15, 0.2) is 41.3 Å². The first-order valence-electron chi connectivity index (χ1n) is 5.19. The topological polar surface area (TPSA) is 43.4 Å². The summed E-state index contributed by atoms with van der Waals surface area (Å²) in [4.78, 5) is -0.00705. The Morgan fingerprint density at radius 3 is 2.50 bits per heavy atom. The lowest BCUT2D eigenvalue weighted by Gasteiger charge is -2.11. The Labute approximate surface area is 115 Å². The average molecular weight is 305 g/mol. The minimum absolute atomic E-state index is 0.00705. The molecule has 0 heterocycles. The summed E-state index contributed by atoms with van der Waals surface area (Å²) in [5.74, 6) is 0.499. The second kappa shape index (κ2) is 5.34. The number of ether oxygens (including phenoxy) is 1. The van der Waals surface area contributed by atoms with Gasteiger partial charge in [0.15, 0.2) is 0 Å². The van der Waals surface area contributed by atoms with Crippen LogP contribution in [-0.2, 0) is 9.05 Å². The van der Waals surface area contributed by atoms with Gasteiger partial charge in [-0.2, -0.15) is 0 Å². The molecule has 18 heavy (non-hydrogen) atoms. The maximum atomic E-state index is 11.7. The Morgan fingerprint density at radius 2 is 1.83 bits per heavy atom. The van der Waals surface area contributed by atoms with Crippen LogP contribution in [0, 0.1) is 0 Å². The number of halogens is 2. The van der Waals surface area contributed by atoms with E-state index in [0.717, 1.165) is 5.39 Å². The average Bonchev–Trinajstić information content (AvgIpc) is 2.34. The van der Waals surface area contributed by atoms with Gasteiger partial charge in [-0.05, 0) is 11.5 Å². The molecule has 0 unspecified atom stereocenters. The first kappa shape index (κ1) is 13.5. The Hall–Kier alpha value is -0.970. The lowest BCUT2D eigenvalue weighted by atomic mass is 10.1. The lowest BCUT2D eigenvalue weighted by Crippen LogP contribution is -2.03. The summed E-state index contributed by atoms with van der Waals surface area (Å²) < 4.78 is 28.7. The number of benzene rings is 2. The van der Waals surface area contributed by atoms with Gasteiger partial charge in [0.05, 0.1) is 5.88 Å². The summed E-state index contributed by atoms with van der Waals surface area (Å²) in [5, 5.41) is 1.33. The largest absolute Gasteiger partial charge is 0.491 e. The van der Waals surface area contributed by atoms with Gasteiger partial charge in [0.2, 0.25) is 0 Å². The van der Waals surface area contributed by atoms with E-state index in [1.54, 1.807) is 24.3 Å². The van der Waals surface area contributed by atoms with Gasteiger partial charge in [0.25, 0.3) is 9.05 Å². The van der Waals surface area contributed by atoms with E-state index in [-0.39, 0.29) is 23.1 Å². The van der Waals surface area contributed by atoms with E-state index in [1.165, 1.54) is 0 Å². The van der Waals surface area contributed by atoms with E-state index in [1.807, 2.05) is 12.1 Å². The molecule has 0 aliphatic carbocycles. The van der Waals surface area contributed by atoms with Crippen LogP contribution in [0.3, 0.4) is 0 Å². The highest BCUT2D eigenvalue weighted by Gasteiger charge is 2.20. The highest BCUT2D eigenvalue weighted by Crippen LogP contribution is 2.34. The van der Waals surface area contributed by atoms with Crippen molar-refractivity contribution in [2.24, 2.45) is 0 Å². The summed E-state index contributed by atoms with van der Waals surface area (Å²) in [6.45, 7) is 0.222. The van der Waals surface area contributed by atoms with E-state index < -0.39 is 9.05 Å². The number of rotatable bonds is 4. The van der Waals surface area contributed by atoms with Crippen molar-refractivity contribution in [1.82, 2.24) is 0 Å². The van der Waals surface area contributed by atoms with Crippen LogP contribution in [-0.4, -0.2) is 20.9 Å². The summed E-state index contributed by atoms with van der Waals surface area (Å²) in [7, 11) is 1.59. The standard InChI is InChI=1S/C12H10Cl2O3S/c13-7-8-17-11-6-5-9-3-1-2-4-10(9)12(11)18(14,15)16/h1-6H,7-8H2. The van der Waals surface area contributed by atoms with E-state index in [9.17, 15) is 8.42 Å². The van der Waals surface area contributed by atoms with Gasteiger partial charge in [-0.3, -0.25) is 0 Å². The normalized spacial score (nSPS) is 11.7. The first-order chi connectivity index (χ1) is 8.54. The number of alkyl halides is 1. The molecule has 0 saturated carbocycles. The molecule has 0 N–H and O–H groups in total. The summed E-state index contributed by atoms with van der Waals surface area (Å²) >= 11 is 5.53. The zero-order valence-corrected chi connectivity index (χ0v) is 11.6. The molecule has 0 atom stereocenters. The molecule has 0 aliphatic heterocycles. The maximum absolute atomic E-state index is 11.7. The van der Waals surface area contributed by atoms with Crippen LogP contribution >= 0.6 is 22.3 Å². The summed E-state index contributed by atoms with van der Waals surface area (Å²) in [6.07, 6.45) is 0. The third-order valence-electron chi connectivity index (χ3n) is 2.42. The predicted octanol–water partition coefficient (Wildman–Crippen LogP) is 3.38. The van der Waals surface area contributed by atoms with Crippen molar-refractivity contribution in [3.63, 3.8) is 0 Å². The smallest absolute Gasteiger partial charge is 0.265 e. The van der Waals surface area contributed by atoms with Crippen LogP contribution in [0.25, 0.3) is 10.8 Å². The fraction of sp³-hybridized carbons (Fsp3) is 0.167. The van der Waals surface area contributed by atoms with Crippen LogP contribution < -0.4 is 4.74 Å². The minimum Gasteiger partial charge on any atom is -0.491 e. The molecule has 0 amide bonds. The Bertz CT molecular complexity index is 668. The molecular formula is C12H10Cl2O3S. The van der Waals surface area contributed by atoms with Gasteiger partial charge < -0.3 is 4.74 Å². The van der Waals surface area contributed by atoms with Gasteiger partial charge >= 0.3 is 0 Å². The molecule has 0 saturated heterocycles. The predicted molar refractivity (Wildman–Crippen MR) is 73.2 cm³/mol. The van der Waals surface area contributed by atoms with Crippen LogP contribution in [0.2, 0.25) is 0 Å². The molecule has 0 radical (unpaired) electrons. The van der Waals surface area contributed by atoms with Crippen molar-refractivity contribution < 1.29 is 13.2 Å². The Kier molecular flexibility index (Phi) is 4.00. The highest BCUT2D eigenvalue weighted by atomic mass is 35.7. The molecule has 0 aliphatic rings. The van der Waals surface area contributed by atoms with Crippen molar-refractivity contribution in [3.05, 3.63) is 36.4 Å². The van der Waals surface area contributed by atoms with Crippen LogP contribution in [0.4, 0.5) is 0 Å². The lowest BCUT2D eigenvalue weighted by molar-refractivity contribution is 0.335. The number of hydrogen-bond donors (Lipinski definition) is 0. The number of hydrogen-bond acceptors (Lipinski definition) is 3. The van der Waals surface area contributed by atoms with Crippen LogP contribution in [0.5, 0.6) is 5.75 Å². The van der Waals surface area contributed by atoms with Crippen molar-refractivity contribution in [2.75, 3.05) is 12.5 Å². The third-order valence-corrected chi connectivity index (χ3v) is 3.95. The molecular weight excluding hydrogens is 295 g/mol. The number of fused-ring (bicyclic) bond motifs is 1. The molecule has 2 aromatic rings. The second-order valence-electron chi connectivity index (χ2n) is 3.59. The quantitative estimate of drug-likeness (QED) is 0.642. The third kappa shape index (κ3) is 2.71. The van der Waals surface area contributed by atoms with E-state index in [2.05, 4.69) is 0 Å². The molecule has 0 bridgehead atoms. The van der Waals surface area contributed by atoms with Gasteiger partial charge in [0.1, 0.15) is 17.3 Å². The zero-order valence-electron chi connectivity index (χ0n) is 9.27. The monoisotopic (exact) mass is 304 g/mol. The van der Waals surface area contributed by atoms with E-state index >= 15 is 0 Å². The van der Waals surface area contributed by atoms with Gasteiger partial charge in [0, 0.05) is 16.1 Å². The van der Waals surface area contributed by atoms with Crippen LogP contribution in [0.1, 0.15) is 0 Å². The van der Waals surface area contributed by atoms with Gasteiger partial charge in [-0.25, -0.2) is 8.42 Å². The fourth-order valence-corrected chi connectivity index (χ4v) is 3.11. The van der Waals surface area contributed by atoms with Crippen molar-refractivity contribution >= 4 is 42.1 Å². The maximum Gasteiger partial charge on any atom is 0.265 e. The van der Waals surface area contributed by atoms with Crippen molar-refractivity contribution in [1.29, 1.82) is 0 Å². The minimum atomic E-state index is -3.89. The molecule has 0 fully saturated rings. The Morgan fingerprint density at radius 1 is 1.11 bits per heavy atom. The SMILES string of the molecule is O=S(=O)(Cl)c1c(OCCCl)ccc2ccccc12. The molecule has 6 heteroatoms. The molecule has 2 aromatic carbocycles. The van der Waals surface area contributed by atoms with Gasteiger partial charge in [-0.15, -0.1) is 11.6 Å². The van der Waals surface area contributed by atoms with Crippen molar-refractivity contribution in [3.8, 4) is 5.75 Å². The Balaban J connectivity index is 2.72. The van der Waals surface area contributed by atoms with E-state index in [0.29, 0.717) is 5.39 Å². The van der Waals surface area contributed by atoms with Gasteiger partial charge in [-0.1, -0.05) is 30.3 Å². The van der Waals surface area contributed by atoms with E-state index in [4.69, 9.17) is 27.0 Å². The zero-order chi connectivity index (χ0) is 13.2. The molecule has 3 nitrogen and oxygen atoms in total. The molecule has 0 spiro atoms. The fourth-order valence-electron chi connectivity index (χ4n) is 1.74. The highest BCUT2D eigenvalue weighted by molar-refractivity contribution is 8.14. The second-order valence-corrected chi connectivity index (χ2v) is 6.47. The van der Waals surface area contributed by atoms with Crippen molar-refractivity contribution in [2.45, 2.75) is 4.90 Å². The molecule has 0 aromatic heterocycles. The molecule has 2 rings (SSSR count). The summed E-state index contributed by atoms with van der Waals surface area (Å²) in [5.41, 5.74) is 0. The first-order valence-corrected chi connectivity index (χ1v) is 8.03. The summed E-state index contributed by atoms with van der Waals surface area (Å²) in [6, 6.07) is 10.4. The molecule has 96 valence electrons.